The van der Waals surface area contributed by atoms with Crippen LogP contribution in [0.5, 0.6) is 0 Å². The van der Waals surface area contributed by atoms with Crippen LogP contribution >= 0.6 is 11.3 Å². The minimum absolute atomic E-state index is 0.0741. The molecule has 0 bridgehead atoms. The highest BCUT2D eigenvalue weighted by molar-refractivity contribution is 7.84. The molecule has 3 atom stereocenters. The summed E-state index contributed by atoms with van der Waals surface area (Å²) >= 11 is 1.63. The third-order valence-corrected chi connectivity index (χ3v) is 5.59. The second-order valence-corrected chi connectivity index (χ2v) is 7.96. The van der Waals surface area contributed by atoms with E-state index >= 15 is 0 Å². The summed E-state index contributed by atoms with van der Waals surface area (Å²) in [4.78, 5) is 14.4. The summed E-state index contributed by atoms with van der Waals surface area (Å²) in [5, 5.41) is 7.51. The maximum absolute atomic E-state index is 12.5. The van der Waals surface area contributed by atoms with Gasteiger partial charge in [-0.25, -0.2) is 0 Å². The highest BCUT2D eigenvalue weighted by atomic mass is 32.2. The Morgan fingerprint density at radius 2 is 2.25 bits per heavy atom. The average Bonchev–Trinajstić information content (AvgIpc) is 3.03. The Bertz CT molecular complexity index is 474. The first-order valence-electron chi connectivity index (χ1n) is 6.98. The Morgan fingerprint density at radius 1 is 1.50 bits per heavy atom. The summed E-state index contributed by atoms with van der Waals surface area (Å²) in [6.45, 7) is 6.56. The van der Waals surface area contributed by atoms with Gasteiger partial charge in [-0.1, -0.05) is 20.8 Å². The van der Waals surface area contributed by atoms with Crippen molar-refractivity contribution in [1.82, 2.24) is 10.2 Å². The van der Waals surface area contributed by atoms with Crippen LogP contribution in [0.15, 0.2) is 16.8 Å². The summed E-state index contributed by atoms with van der Waals surface area (Å²) in [7, 11) is -0.841. The van der Waals surface area contributed by atoms with E-state index in [2.05, 4.69) is 10.7 Å². The number of amides is 1. The number of thiophene rings is 1. The second kappa shape index (κ2) is 6.83. The number of hydrogen-bond donors (Lipinski definition) is 1. The lowest BCUT2D eigenvalue weighted by Crippen LogP contribution is -2.36. The molecule has 6 heteroatoms. The van der Waals surface area contributed by atoms with Crippen LogP contribution in [0.25, 0.3) is 0 Å². The van der Waals surface area contributed by atoms with Gasteiger partial charge in [0.15, 0.2) is 0 Å². The van der Waals surface area contributed by atoms with Crippen LogP contribution in [0, 0.1) is 5.92 Å². The first-order chi connectivity index (χ1) is 9.54. The van der Waals surface area contributed by atoms with Crippen LogP contribution in [0.2, 0.25) is 0 Å². The molecule has 1 aromatic heterocycles. The second-order valence-electron chi connectivity index (χ2n) is 5.31. The van der Waals surface area contributed by atoms with Crippen molar-refractivity contribution in [3.8, 4) is 0 Å². The Hall–Kier alpha value is -0.720. The first kappa shape index (κ1) is 15.7. The molecule has 1 aliphatic heterocycles. The fourth-order valence-corrected chi connectivity index (χ4v) is 3.77. The molecule has 2 rings (SSSR count). The van der Waals surface area contributed by atoms with Crippen molar-refractivity contribution in [2.24, 2.45) is 5.92 Å². The molecule has 1 N–H and O–H groups in total. The fraction of sp³-hybridized carbons (Fsp3) is 0.643. The molecule has 0 aliphatic carbocycles. The Kier molecular flexibility index (Phi) is 5.35. The molecule has 3 unspecified atom stereocenters. The molecule has 112 valence electrons. The number of rotatable bonds is 6. The molecule has 0 spiro atoms. The van der Waals surface area contributed by atoms with Gasteiger partial charge < -0.3 is 4.90 Å². The predicted molar refractivity (Wildman–Crippen MR) is 84.1 cm³/mol. The monoisotopic (exact) mass is 314 g/mol. The summed E-state index contributed by atoms with van der Waals surface area (Å²) < 4.78 is 11.6. The third kappa shape index (κ3) is 3.30. The van der Waals surface area contributed by atoms with Crippen molar-refractivity contribution in [3.05, 3.63) is 22.4 Å². The molecule has 1 saturated heterocycles. The molecule has 1 aliphatic rings. The fourth-order valence-electron chi connectivity index (χ4n) is 2.41. The average molecular weight is 314 g/mol. The molecule has 1 amide bonds. The van der Waals surface area contributed by atoms with Crippen molar-refractivity contribution < 1.29 is 9.00 Å². The topological polar surface area (TPSA) is 49.4 Å². The van der Waals surface area contributed by atoms with Crippen LogP contribution in [-0.4, -0.2) is 39.1 Å². The van der Waals surface area contributed by atoms with Crippen LogP contribution in [0.3, 0.4) is 0 Å². The number of hydrogen-bond acceptors (Lipinski definition) is 4. The minimum Gasteiger partial charge on any atom is -0.321 e. The molecular formula is C14H22N2O2S2. The SMILES string of the molecule is CCS(=O)CCN1C(=O)C(C(C)C)NC1c1ccsc1. The van der Waals surface area contributed by atoms with Gasteiger partial charge in [0.05, 0.1) is 6.04 Å². The predicted octanol–water partition coefficient (Wildman–Crippen LogP) is 1.97. The highest BCUT2D eigenvalue weighted by Gasteiger charge is 2.40. The molecule has 20 heavy (non-hydrogen) atoms. The van der Waals surface area contributed by atoms with Gasteiger partial charge in [-0.3, -0.25) is 14.3 Å². The lowest BCUT2D eigenvalue weighted by atomic mass is 10.1. The van der Waals surface area contributed by atoms with E-state index in [0.29, 0.717) is 18.1 Å². The van der Waals surface area contributed by atoms with Crippen molar-refractivity contribution in [2.75, 3.05) is 18.1 Å². The molecule has 1 fully saturated rings. The molecule has 1 aromatic rings. The van der Waals surface area contributed by atoms with Crippen LogP contribution in [0.1, 0.15) is 32.5 Å². The molecule has 4 nitrogen and oxygen atoms in total. The van der Waals surface area contributed by atoms with Gasteiger partial charge in [0.1, 0.15) is 6.17 Å². The van der Waals surface area contributed by atoms with Gasteiger partial charge in [-0.2, -0.15) is 11.3 Å². The maximum Gasteiger partial charge on any atom is 0.241 e. The van der Waals surface area contributed by atoms with Crippen LogP contribution in [0.4, 0.5) is 0 Å². The molecule has 0 saturated carbocycles. The van der Waals surface area contributed by atoms with Crippen molar-refractivity contribution in [1.29, 1.82) is 0 Å². The van der Waals surface area contributed by atoms with Gasteiger partial charge >= 0.3 is 0 Å². The van der Waals surface area contributed by atoms with Crippen LogP contribution in [-0.2, 0) is 15.6 Å². The minimum atomic E-state index is -0.841. The normalized spacial score (nSPS) is 24.6. The maximum atomic E-state index is 12.5. The van der Waals surface area contributed by atoms with Gasteiger partial charge in [0.2, 0.25) is 5.91 Å². The molecule has 0 aromatic carbocycles. The van der Waals surface area contributed by atoms with E-state index in [4.69, 9.17) is 0 Å². The van der Waals surface area contributed by atoms with E-state index in [1.54, 1.807) is 11.3 Å². The smallest absolute Gasteiger partial charge is 0.241 e. The van der Waals surface area contributed by atoms with Gasteiger partial charge in [-0.15, -0.1) is 0 Å². The number of nitrogens with zero attached hydrogens (tertiary/aromatic N) is 1. The largest absolute Gasteiger partial charge is 0.321 e. The van der Waals surface area contributed by atoms with E-state index in [1.165, 1.54) is 0 Å². The standard InChI is InChI=1S/C14H22N2O2S2/c1-4-20(18)8-6-16-13(11-5-7-19-9-11)15-12(10(2)3)14(16)17/h5,7,9-10,12-13,15H,4,6,8H2,1-3H3. The quantitative estimate of drug-likeness (QED) is 0.873. The lowest BCUT2D eigenvalue weighted by Gasteiger charge is -2.23. The zero-order valence-electron chi connectivity index (χ0n) is 12.2. The van der Waals surface area contributed by atoms with E-state index in [9.17, 15) is 9.00 Å². The first-order valence-corrected chi connectivity index (χ1v) is 9.41. The number of carbonyl (C=O) groups excluding carboxylic acids is 1. The third-order valence-electron chi connectivity index (χ3n) is 3.61. The highest BCUT2D eigenvalue weighted by Crippen LogP contribution is 2.29. The van der Waals surface area contributed by atoms with E-state index < -0.39 is 10.8 Å². The Labute approximate surface area is 127 Å². The Balaban J connectivity index is 2.15. The summed E-state index contributed by atoms with van der Waals surface area (Å²) in [5.41, 5.74) is 1.12. The molecular weight excluding hydrogens is 292 g/mol. The summed E-state index contributed by atoms with van der Waals surface area (Å²) in [6.07, 6.45) is -0.0741. The van der Waals surface area contributed by atoms with Gasteiger partial charge in [-0.05, 0) is 28.3 Å². The molecule has 2 heterocycles. The summed E-state index contributed by atoms with van der Waals surface area (Å²) in [5.74, 6) is 1.58. The zero-order valence-corrected chi connectivity index (χ0v) is 13.8. The lowest BCUT2D eigenvalue weighted by molar-refractivity contribution is -0.130. The van der Waals surface area contributed by atoms with Crippen LogP contribution < -0.4 is 5.32 Å². The summed E-state index contributed by atoms with van der Waals surface area (Å²) in [6, 6.07) is 1.90. The molecule has 0 radical (unpaired) electrons. The van der Waals surface area contributed by atoms with E-state index in [0.717, 1.165) is 5.56 Å². The number of nitrogens with one attached hydrogen (secondary N) is 1. The van der Waals surface area contributed by atoms with Gasteiger partial charge in [0, 0.05) is 28.9 Å². The van der Waals surface area contributed by atoms with Crippen molar-refractivity contribution >= 4 is 28.0 Å². The van der Waals surface area contributed by atoms with Gasteiger partial charge in [0.25, 0.3) is 0 Å². The zero-order chi connectivity index (χ0) is 14.7. The number of carbonyl (C=O) groups is 1. The van der Waals surface area contributed by atoms with E-state index in [1.807, 2.05) is 37.1 Å². The Morgan fingerprint density at radius 3 is 2.80 bits per heavy atom. The van der Waals surface area contributed by atoms with Crippen molar-refractivity contribution in [2.45, 2.75) is 33.0 Å². The van der Waals surface area contributed by atoms with Crippen molar-refractivity contribution in [3.63, 3.8) is 0 Å². The van der Waals surface area contributed by atoms with E-state index in [-0.39, 0.29) is 24.0 Å².